The molecule has 2 atom stereocenters. The fourth-order valence-corrected chi connectivity index (χ4v) is 2.93. The van der Waals surface area contributed by atoms with Gasteiger partial charge >= 0.3 is 0 Å². The summed E-state index contributed by atoms with van der Waals surface area (Å²) in [5.74, 6) is 0.375. The third-order valence-electron chi connectivity index (χ3n) is 3.68. The number of likely N-dealkylation sites (N-methyl/N-ethyl adjacent to an activating group) is 1. The molecule has 1 aliphatic rings. The highest BCUT2D eigenvalue weighted by molar-refractivity contribution is 6.31. The van der Waals surface area contributed by atoms with Crippen LogP contribution in [0.2, 0.25) is 5.02 Å². The summed E-state index contributed by atoms with van der Waals surface area (Å²) in [4.78, 5) is 6.54. The van der Waals surface area contributed by atoms with Crippen molar-refractivity contribution in [2.45, 2.75) is 12.1 Å². The molecule has 5 heteroatoms. The molecule has 0 spiro atoms. The molecular formula is C16H15ClN2O2. The van der Waals surface area contributed by atoms with Gasteiger partial charge in [-0.3, -0.25) is 4.99 Å². The Balaban J connectivity index is 2.00. The number of aromatic hydroxyl groups is 2. The minimum atomic E-state index is -0.146. The minimum absolute atomic E-state index is 0.00708. The monoisotopic (exact) mass is 302 g/mol. The zero-order chi connectivity index (χ0) is 15.0. The van der Waals surface area contributed by atoms with Crippen LogP contribution in [-0.4, -0.2) is 28.5 Å². The standard InChI is InChI=1S/C16H15ClN2O2/c1-19-9-18-15(13-7-6-12(21)8-14(13)17)16(19)10-2-4-11(20)5-3-10/h2-9,15-16,20-21H,1H3/t15-,16+/m0/s1. The van der Waals surface area contributed by atoms with Crippen molar-refractivity contribution in [1.29, 1.82) is 0 Å². The van der Waals surface area contributed by atoms with Gasteiger partial charge in [0, 0.05) is 12.1 Å². The first-order valence-electron chi connectivity index (χ1n) is 6.59. The summed E-state index contributed by atoms with van der Waals surface area (Å²) in [6.07, 6.45) is 1.78. The van der Waals surface area contributed by atoms with E-state index in [1.54, 1.807) is 30.6 Å². The van der Waals surface area contributed by atoms with E-state index in [2.05, 4.69) is 4.99 Å². The summed E-state index contributed by atoms with van der Waals surface area (Å²) in [5.41, 5.74) is 1.91. The highest BCUT2D eigenvalue weighted by atomic mass is 35.5. The lowest BCUT2D eigenvalue weighted by molar-refractivity contribution is 0.369. The molecule has 2 aromatic carbocycles. The van der Waals surface area contributed by atoms with Crippen molar-refractivity contribution in [1.82, 2.24) is 4.90 Å². The van der Waals surface area contributed by atoms with Gasteiger partial charge in [-0.1, -0.05) is 29.8 Å². The predicted octanol–water partition coefficient (Wildman–Crippen LogP) is 3.51. The average Bonchev–Trinajstić information content (AvgIpc) is 2.82. The van der Waals surface area contributed by atoms with Gasteiger partial charge in [0.15, 0.2) is 0 Å². The molecule has 0 aromatic heterocycles. The number of rotatable bonds is 2. The zero-order valence-corrected chi connectivity index (χ0v) is 12.2. The third kappa shape index (κ3) is 2.54. The molecule has 0 amide bonds. The van der Waals surface area contributed by atoms with Gasteiger partial charge in [-0.25, -0.2) is 0 Å². The number of phenolic OH excluding ortho intramolecular Hbond substituents is 2. The van der Waals surface area contributed by atoms with Crippen LogP contribution < -0.4 is 0 Å². The van der Waals surface area contributed by atoms with E-state index < -0.39 is 0 Å². The van der Waals surface area contributed by atoms with Crippen LogP contribution >= 0.6 is 11.6 Å². The first-order chi connectivity index (χ1) is 10.1. The number of nitrogens with zero attached hydrogens (tertiary/aromatic N) is 2. The van der Waals surface area contributed by atoms with Crippen molar-refractivity contribution in [3.63, 3.8) is 0 Å². The van der Waals surface area contributed by atoms with Gasteiger partial charge in [-0.05, 0) is 35.4 Å². The molecule has 0 unspecified atom stereocenters. The number of aliphatic imine (C=N–C) groups is 1. The molecule has 21 heavy (non-hydrogen) atoms. The second kappa shape index (κ2) is 5.30. The highest BCUT2D eigenvalue weighted by Gasteiger charge is 2.32. The van der Waals surface area contributed by atoms with Crippen LogP contribution in [0.3, 0.4) is 0 Å². The van der Waals surface area contributed by atoms with Crippen molar-refractivity contribution in [2.75, 3.05) is 7.05 Å². The highest BCUT2D eigenvalue weighted by Crippen LogP contribution is 2.42. The molecule has 108 valence electrons. The van der Waals surface area contributed by atoms with E-state index >= 15 is 0 Å². The Kier molecular flexibility index (Phi) is 3.47. The van der Waals surface area contributed by atoms with Crippen LogP contribution in [0.25, 0.3) is 0 Å². The molecule has 2 aromatic rings. The van der Waals surface area contributed by atoms with Gasteiger partial charge in [-0.15, -0.1) is 0 Å². The number of phenols is 2. The van der Waals surface area contributed by atoms with Crippen molar-refractivity contribution < 1.29 is 10.2 Å². The Bertz CT molecular complexity index is 685. The van der Waals surface area contributed by atoms with Crippen molar-refractivity contribution in [3.8, 4) is 11.5 Å². The van der Waals surface area contributed by atoms with E-state index in [9.17, 15) is 10.2 Å². The van der Waals surface area contributed by atoms with Crippen molar-refractivity contribution in [2.24, 2.45) is 4.99 Å². The topological polar surface area (TPSA) is 56.1 Å². The van der Waals surface area contributed by atoms with Crippen LogP contribution in [0, 0.1) is 0 Å². The lowest BCUT2D eigenvalue weighted by Crippen LogP contribution is -2.21. The second-order valence-corrected chi connectivity index (χ2v) is 5.52. The van der Waals surface area contributed by atoms with E-state index in [-0.39, 0.29) is 23.6 Å². The van der Waals surface area contributed by atoms with Gasteiger partial charge in [-0.2, -0.15) is 0 Å². The quantitative estimate of drug-likeness (QED) is 0.892. The molecule has 2 N–H and O–H groups in total. The van der Waals surface area contributed by atoms with Crippen LogP contribution in [0.4, 0.5) is 0 Å². The van der Waals surface area contributed by atoms with Crippen molar-refractivity contribution in [3.05, 3.63) is 58.6 Å². The fourth-order valence-electron chi connectivity index (χ4n) is 2.65. The molecule has 3 rings (SSSR count). The van der Waals surface area contributed by atoms with Crippen LogP contribution in [0.1, 0.15) is 23.2 Å². The molecule has 0 fully saturated rings. The zero-order valence-electron chi connectivity index (χ0n) is 11.4. The first-order valence-corrected chi connectivity index (χ1v) is 6.96. The molecule has 4 nitrogen and oxygen atoms in total. The lowest BCUT2D eigenvalue weighted by Gasteiger charge is -2.26. The lowest BCUT2D eigenvalue weighted by atomic mass is 9.94. The normalized spacial score (nSPS) is 21.0. The fraction of sp³-hybridized carbons (Fsp3) is 0.188. The maximum absolute atomic E-state index is 9.48. The first kappa shape index (κ1) is 13.8. The Morgan fingerprint density at radius 1 is 1.05 bits per heavy atom. The van der Waals surface area contributed by atoms with Crippen LogP contribution in [-0.2, 0) is 0 Å². The maximum atomic E-state index is 9.48. The van der Waals surface area contributed by atoms with E-state index in [4.69, 9.17) is 11.6 Å². The molecule has 0 saturated heterocycles. The number of benzene rings is 2. The van der Waals surface area contributed by atoms with Gasteiger partial charge < -0.3 is 15.1 Å². The van der Waals surface area contributed by atoms with E-state index in [0.717, 1.165) is 11.1 Å². The molecule has 0 saturated carbocycles. The summed E-state index contributed by atoms with van der Waals surface area (Å²) in [6.45, 7) is 0. The number of halogens is 1. The number of hydrogen-bond donors (Lipinski definition) is 2. The van der Waals surface area contributed by atoms with Crippen LogP contribution in [0.5, 0.6) is 11.5 Å². The Morgan fingerprint density at radius 2 is 1.71 bits per heavy atom. The van der Waals surface area contributed by atoms with Crippen LogP contribution in [0.15, 0.2) is 47.5 Å². The Morgan fingerprint density at radius 3 is 2.38 bits per heavy atom. The van der Waals surface area contributed by atoms with E-state index in [1.807, 2.05) is 24.1 Å². The summed E-state index contributed by atoms with van der Waals surface area (Å²) >= 11 is 6.24. The summed E-state index contributed by atoms with van der Waals surface area (Å²) in [5, 5.41) is 19.4. The van der Waals surface area contributed by atoms with E-state index in [0.29, 0.717) is 5.02 Å². The van der Waals surface area contributed by atoms with E-state index in [1.165, 1.54) is 6.07 Å². The van der Waals surface area contributed by atoms with Gasteiger partial charge in [0.2, 0.25) is 0 Å². The Hall–Kier alpha value is -2.20. The molecule has 0 bridgehead atoms. The van der Waals surface area contributed by atoms with Gasteiger partial charge in [0.1, 0.15) is 17.5 Å². The third-order valence-corrected chi connectivity index (χ3v) is 4.01. The average molecular weight is 303 g/mol. The Labute approximate surface area is 127 Å². The molecular weight excluding hydrogens is 288 g/mol. The van der Waals surface area contributed by atoms with Crippen molar-refractivity contribution >= 4 is 17.9 Å². The minimum Gasteiger partial charge on any atom is -0.508 e. The second-order valence-electron chi connectivity index (χ2n) is 5.12. The molecule has 1 aliphatic heterocycles. The SMILES string of the molecule is CN1C=N[C@@H](c2ccc(O)cc2Cl)[C@H]1c1ccc(O)cc1. The maximum Gasteiger partial charge on any atom is 0.117 e. The smallest absolute Gasteiger partial charge is 0.117 e. The molecule has 0 aliphatic carbocycles. The summed E-state index contributed by atoms with van der Waals surface area (Å²) in [7, 11) is 1.95. The van der Waals surface area contributed by atoms with Gasteiger partial charge in [0.05, 0.1) is 12.4 Å². The summed E-state index contributed by atoms with van der Waals surface area (Å²) < 4.78 is 0. The number of hydrogen-bond acceptors (Lipinski definition) is 4. The van der Waals surface area contributed by atoms with Gasteiger partial charge in [0.25, 0.3) is 0 Å². The largest absolute Gasteiger partial charge is 0.508 e. The summed E-state index contributed by atoms with van der Waals surface area (Å²) in [6, 6.07) is 11.9. The molecule has 0 radical (unpaired) electrons. The predicted molar refractivity (Wildman–Crippen MR) is 83.0 cm³/mol. The molecule has 1 heterocycles.